The van der Waals surface area contributed by atoms with E-state index in [1.807, 2.05) is 9.80 Å². The Bertz CT molecular complexity index is 1880. The molecule has 0 unspecified atom stereocenters. The van der Waals surface area contributed by atoms with Gasteiger partial charge in [0, 0.05) is 19.1 Å². The Labute approximate surface area is 278 Å². The minimum atomic E-state index is -4.90. The molecule has 10 nitrogen and oxygen atoms in total. The summed E-state index contributed by atoms with van der Waals surface area (Å²) in [5, 5.41) is -0.278. The van der Waals surface area contributed by atoms with Crippen LogP contribution in [0.15, 0.2) is 18.2 Å². The first-order valence-corrected chi connectivity index (χ1v) is 16.5. The average Bonchev–Trinajstić information content (AvgIpc) is 3.49. The normalized spacial score (nSPS) is 26.7. The number of benzene rings is 1. The number of nitrogens with zero attached hydrogens (tertiary/aromatic N) is 6. The third-order valence-electron chi connectivity index (χ3n) is 10.8. The number of ether oxygens (including phenoxy) is 2. The maximum Gasteiger partial charge on any atom is 0.418 e. The summed E-state index contributed by atoms with van der Waals surface area (Å²) < 4.78 is 73.1. The fourth-order valence-corrected chi connectivity index (χ4v) is 9.11. The third kappa shape index (κ3) is 4.69. The maximum absolute atomic E-state index is 17.0. The Morgan fingerprint density at radius 3 is 2.81 bits per heavy atom. The molecule has 5 aliphatic rings. The Hall–Kier alpha value is -3.91. The summed E-state index contributed by atoms with van der Waals surface area (Å²) in [6.07, 6.45) is 0.987. The number of alkyl halides is 3. The number of carbonyl (C=O) groups is 1. The molecule has 48 heavy (non-hydrogen) atoms. The number of anilines is 2. The first-order chi connectivity index (χ1) is 22.9. The van der Waals surface area contributed by atoms with E-state index in [-0.39, 0.29) is 64.9 Å². The van der Waals surface area contributed by atoms with Crippen LogP contribution in [0.4, 0.5) is 29.2 Å². The summed E-state index contributed by atoms with van der Waals surface area (Å²) in [4.78, 5) is 31.7. The number of piperazine rings is 1. The lowest BCUT2D eigenvalue weighted by Crippen LogP contribution is -2.66. The molecule has 5 aliphatic heterocycles. The van der Waals surface area contributed by atoms with Gasteiger partial charge in [-0.15, -0.1) is 0 Å². The van der Waals surface area contributed by atoms with Crippen LogP contribution in [0.5, 0.6) is 11.8 Å². The molecule has 8 rings (SSSR count). The number of pyridine rings is 1. The van der Waals surface area contributed by atoms with Gasteiger partial charge in [0.2, 0.25) is 6.41 Å². The van der Waals surface area contributed by atoms with E-state index in [1.165, 1.54) is 6.92 Å². The highest BCUT2D eigenvalue weighted by Crippen LogP contribution is 2.52. The van der Waals surface area contributed by atoms with E-state index in [0.717, 1.165) is 63.2 Å². The van der Waals surface area contributed by atoms with Crippen LogP contribution in [-0.4, -0.2) is 87.7 Å². The summed E-state index contributed by atoms with van der Waals surface area (Å²) in [5.74, 6) is -1.12. The predicted molar refractivity (Wildman–Crippen MR) is 171 cm³/mol. The zero-order valence-electron chi connectivity index (χ0n) is 26.2. The van der Waals surface area contributed by atoms with Crippen LogP contribution in [0.25, 0.3) is 22.2 Å². The van der Waals surface area contributed by atoms with Crippen LogP contribution in [0, 0.1) is 12.7 Å². The zero-order chi connectivity index (χ0) is 33.7. The fourth-order valence-electron chi connectivity index (χ4n) is 8.79. The number of hydrogen-bond donors (Lipinski definition) is 1. The van der Waals surface area contributed by atoms with Crippen LogP contribution in [0.3, 0.4) is 0 Å². The average molecular weight is 688 g/mol. The minimum absolute atomic E-state index is 0.0177. The molecule has 0 aliphatic carbocycles. The van der Waals surface area contributed by atoms with Gasteiger partial charge >= 0.3 is 12.2 Å². The number of amides is 1. The van der Waals surface area contributed by atoms with Crippen LogP contribution >= 0.6 is 11.6 Å². The molecular formula is C33H34ClF4N7O3. The van der Waals surface area contributed by atoms with Crippen molar-refractivity contribution in [1.82, 2.24) is 24.8 Å². The molecule has 4 atom stereocenters. The van der Waals surface area contributed by atoms with Crippen molar-refractivity contribution in [3.05, 3.63) is 40.2 Å². The zero-order valence-corrected chi connectivity index (χ0v) is 27.0. The number of nitrogens with two attached hydrogens (primary N) is 1. The fraction of sp³-hybridized carbons (Fsp3) is 0.515. The Kier molecular flexibility index (Phi) is 7.22. The molecule has 1 amide bonds. The quantitative estimate of drug-likeness (QED) is 0.211. The van der Waals surface area contributed by atoms with E-state index in [1.54, 1.807) is 0 Å². The predicted octanol–water partition coefficient (Wildman–Crippen LogP) is 5.53. The molecule has 7 heterocycles. The highest BCUT2D eigenvalue weighted by atomic mass is 35.5. The molecule has 2 bridgehead atoms. The molecular weight excluding hydrogens is 654 g/mol. The van der Waals surface area contributed by atoms with Crippen LogP contribution < -0.4 is 20.1 Å². The van der Waals surface area contributed by atoms with E-state index in [9.17, 15) is 18.0 Å². The van der Waals surface area contributed by atoms with Crippen molar-refractivity contribution < 1.29 is 31.8 Å². The van der Waals surface area contributed by atoms with Crippen molar-refractivity contribution >= 4 is 40.5 Å². The summed E-state index contributed by atoms with van der Waals surface area (Å²) in [6.45, 7) is 7.72. The van der Waals surface area contributed by atoms with Crippen LogP contribution in [-0.2, 0) is 11.0 Å². The molecule has 3 aromatic rings. The monoisotopic (exact) mass is 687 g/mol. The third-order valence-corrected chi connectivity index (χ3v) is 11.2. The number of rotatable bonds is 5. The maximum atomic E-state index is 17.0. The Morgan fingerprint density at radius 1 is 1.23 bits per heavy atom. The second-order valence-electron chi connectivity index (χ2n) is 13.7. The molecule has 0 radical (unpaired) electrons. The molecule has 4 fully saturated rings. The van der Waals surface area contributed by atoms with Crippen molar-refractivity contribution in [3.8, 4) is 23.0 Å². The summed E-state index contributed by atoms with van der Waals surface area (Å²) in [5.41, 5.74) is 3.62. The van der Waals surface area contributed by atoms with E-state index >= 15 is 4.39 Å². The van der Waals surface area contributed by atoms with E-state index in [2.05, 4.69) is 21.4 Å². The van der Waals surface area contributed by atoms with Gasteiger partial charge in [-0.1, -0.05) is 23.8 Å². The molecule has 0 saturated carbocycles. The number of halogens is 5. The Balaban J connectivity index is 1.34. The SMILES string of the molecule is C=C1CN2CCC[C@@]2(COc2nc3c4c(c(Cl)c(-c5nc(N)cc(C)c5C(F)(F)F)c(F)c4n2)OC[C@@H]2[C@@H]4CCC[C@H](CN32)N4C=O)C1. The van der Waals surface area contributed by atoms with Gasteiger partial charge in [-0.2, -0.15) is 23.1 Å². The standard InChI is InChI=1S/C33H34ClF4N7O3/c1-16-10-32(7-4-8-43(32)11-16)14-48-31-41-28-23-29(25(34)22(26(28)35)27-24(33(36,37)38)17(2)9-21(39)40-27)47-13-20-19-6-3-5-18(45(19)15-46)12-44(20)30(23)42-31/h9,15,18-20H,1,3-8,10-14H2,2H3,(H2,39,40)/t18-,19+,20-,32+/m1/s1. The molecule has 2 aromatic heterocycles. The number of nitrogen functional groups attached to an aromatic ring is 1. The van der Waals surface area contributed by atoms with Crippen molar-refractivity contribution in [2.24, 2.45) is 0 Å². The van der Waals surface area contributed by atoms with Gasteiger partial charge in [0.1, 0.15) is 30.4 Å². The van der Waals surface area contributed by atoms with Crippen LogP contribution in [0.1, 0.15) is 49.7 Å². The van der Waals surface area contributed by atoms with Gasteiger partial charge in [0.05, 0.1) is 44.9 Å². The second-order valence-corrected chi connectivity index (χ2v) is 14.0. The number of carbonyl (C=O) groups excluding carboxylic acids is 1. The number of hydrogen-bond acceptors (Lipinski definition) is 9. The van der Waals surface area contributed by atoms with Crippen molar-refractivity contribution in [2.75, 3.05) is 43.5 Å². The van der Waals surface area contributed by atoms with Crippen molar-refractivity contribution in [3.63, 3.8) is 0 Å². The largest absolute Gasteiger partial charge is 0.489 e. The second kappa shape index (κ2) is 11.1. The molecule has 254 valence electrons. The molecule has 0 spiro atoms. The number of aryl methyl sites for hydroxylation is 1. The lowest BCUT2D eigenvalue weighted by molar-refractivity contribution is -0.137. The molecule has 2 N–H and O–H groups in total. The highest BCUT2D eigenvalue weighted by molar-refractivity contribution is 6.36. The smallest absolute Gasteiger partial charge is 0.418 e. The van der Waals surface area contributed by atoms with E-state index in [4.69, 9.17) is 31.8 Å². The van der Waals surface area contributed by atoms with Crippen molar-refractivity contribution in [2.45, 2.75) is 75.3 Å². The van der Waals surface area contributed by atoms with Gasteiger partial charge < -0.3 is 25.0 Å². The molecule has 1 aromatic carbocycles. The lowest BCUT2D eigenvalue weighted by atomic mass is 9.86. The minimum Gasteiger partial charge on any atom is -0.489 e. The topological polar surface area (TPSA) is 110 Å². The van der Waals surface area contributed by atoms with Crippen LogP contribution in [0.2, 0.25) is 5.02 Å². The van der Waals surface area contributed by atoms with Gasteiger partial charge in [-0.05, 0) is 63.6 Å². The van der Waals surface area contributed by atoms with E-state index < -0.39 is 39.9 Å². The molecule has 15 heteroatoms. The number of piperidine rings is 1. The molecule has 4 saturated heterocycles. The first-order valence-electron chi connectivity index (χ1n) is 16.1. The summed E-state index contributed by atoms with van der Waals surface area (Å²) in [7, 11) is 0. The number of fused-ring (bicyclic) bond motifs is 6. The van der Waals surface area contributed by atoms with E-state index in [0.29, 0.717) is 18.8 Å². The summed E-state index contributed by atoms with van der Waals surface area (Å²) in [6, 6.07) is 0.221. The lowest BCUT2D eigenvalue weighted by Gasteiger charge is -2.53. The van der Waals surface area contributed by atoms with Gasteiger partial charge in [-0.25, -0.2) is 9.37 Å². The van der Waals surface area contributed by atoms with Crippen molar-refractivity contribution in [1.29, 1.82) is 0 Å². The van der Waals surface area contributed by atoms with Gasteiger partial charge in [-0.3, -0.25) is 9.69 Å². The Morgan fingerprint density at radius 2 is 2.04 bits per heavy atom. The first kappa shape index (κ1) is 31.4. The highest BCUT2D eigenvalue weighted by Gasteiger charge is 2.49. The van der Waals surface area contributed by atoms with Gasteiger partial charge in [0.25, 0.3) is 0 Å². The number of aromatic nitrogens is 3. The van der Waals surface area contributed by atoms with Gasteiger partial charge in [0.15, 0.2) is 11.6 Å². The summed E-state index contributed by atoms with van der Waals surface area (Å²) >= 11 is 6.86.